The molecular formula is C25H31N7O2S. The van der Waals surface area contributed by atoms with Crippen LogP contribution in [0.2, 0.25) is 0 Å². The van der Waals surface area contributed by atoms with Crippen molar-refractivity contribution in [3.05, 3.63) is 78.0 Å². The monoisotopic (exact) mass is 493 g/mol. The van der Waals surface area contributed by atoms with Crippen molar-refractivity contribution in [1.29, 1.82) is 0 Å². The second-order valence-corrected chi connectivity index (χ2v) is 9.11. The molecule has 9 nitrogen and oxygen atoms in total. The molecule has 35 heavy (non-hydrogen) atoms. The Morgan fingerprint density at radius 2 is 1.97 bits per heavy atom. The Hall–Kier alpha value is -3.37. The average Bonchev–Trinajstić information content (AvgIpc) is 3.50. The van der Waals surface area contributed by atoms with Crippen LogP contribution in [-0.2, 0) is 24.1 Å². The van der Waals surface area contributed by atoms with Crippen LogP contribution in [0.5, 0.6) is 0 Å². The maximum Gasteiger partial charge on any atom is 0.267 e. The third-order valence-corrected chi connectivity index (χ3v) is 6.56. The number of aliphatic hydroxyl groups excluding tert-OH is 1. The third kappa shape index (κ3) is 6.40. The number of nitrogens with zero attached hydrogens (tertiary/aromatic N) is 5. The van der Waals surface area contributed by atoms with Gasteiger partial charge in [-0.2, -0.15) is 4.40 Å². The summed E-state index contributed by atoms with van der Waals surface area (Å²) >= 11 is -1.70. The van der Waals surface area contributed by atoms with Crippen LogP contribution in [0.4, 0.5) is 5.82 Å². The predicted molar refractivity (Wildman–Crippen MR) is 140 cm³/mol. The highest BCUT2D eigenvalue weighted by Crippen LogP contribution is 2.25. The van der Waals surface area contributed by atoms with E-state index in [9.17, 15) is 9.32 Å². The lowest BCUT2D eigenvalue weighted by Gasteiger charge is -2.23. The molecule has 0 aliphatic carbocycles. The van der Waals surface area contributed by atoms with Crippen molar-refractivity contribution in [1.82, 2.24) is 20.3 Å². The van der Waals surface area contributed by atoms with Crippen LogP contribution < -0.4 is 10.2 Å². The number of aromatic nitrogens is 3. The highest BCUT2D eigenvalue weighted by atomic mass is 32.2. The number of H-pyrrole nitrogens is 1. The Morgan fingerprint density at radius 1 is 1.11 bits per heavy atom. The lowest BCUT2D eigenvalue weighted by molar-refractivity contribution is 0.288. The number of anilines is 1. The van der Waals surface area contributed by atoms with E-state index >= 15 is 0 Å². The Morgan fingerprint density at radius 3 is 2.71 bits per heavy atom. The second kappa shape index (κ2) is 12.4. The van der Waals surface area contributed by atoms with E-state index in [1.165, 1.54) is 0 Å². The third-order valence-electron chi connectivity index (χ3n) is 5.87. The van der Waals surface area contributed by atoms with Crippen LogP contribution in [-0.4, -0.2) is 55.5 Å². The number of hydrogen-bond acceptors (Lipinski definition) is 6. The molecule has 4 rings (SSSR count). The summed E-state index contributed by atoms with van der Waals surface area (Å²) in [5, 5.41) is 13.5. The number of pyridine rings is 2. The molecule has 1 aliphatic rings. The quantitative estimate of drug-likeness (QED) is 0.357. The summed E-state index contributed by atoms with van der Waals surface area (Å²) in [5.41, 5.74) is 3.51. The summed E-state index contributed by atoms with van der Waals surface area (Å²) in [6.07, 6.45) is 9.94. The van der Waals surface area contributed by atoms with Crippen LogP contribution >= 0.6 is 0 Å². The fourth-order valence-corrected chi connectivity index (χ4v) is 4.93. The molecule has 2 unspecified atom stereocenters. The first-order valence-corrected chi connectivity index (χ1v) is 12.9. The largest absolute Gasteiger partial charge is 0.395 e. The molecule has 4 heterocycles. The SMILES string of the molecule is CCCN(CCCc1cc[nH]c1C(CO)C1=NS(=O)N=C1NCc1ccncc1)c1ccccn1. The Bertz CT molecular complexity index is 1160. The van der Waals surface area contributed by atoms with Crippen LogP contribution in [0.1, 0.15) is 42.5 Å². The molecule has 3 aromatic rings. The number of aliphatic hydroxyl groups is 1. The van der Waals surface area contributed by atoms with Gasteiger partial charge in [-0.15, -0.1) is 4.40 Å². The van der Waals surface area contributed by atoms with Crippen LogP contribution in [0, 0.1) is 0 Å². The van der Waals surface area contributed by atoms with Gasteiger partial charge in [-0.05, 0) is 60.7 Å². The highest BCUT2D eigenvalue weighted by Gasteiger charge is 2.30. The maximum atomic E-state index is 12.2. The minimum atomic E-state index is -1.70. The van der Waals surface area contributed by atoms with Crippen molar-refractivity contribution in [2.45, 2.75) is 38.6 Å². The summed E-state index contributed by atoms with van der Waals surface area (Å²) in [4.78, 5) is 14.1. The number of amidine groups is 1. The van der Waals surface area contributed by atoms with Crippen molar-refractivity contribution in [2.75, 3.05) is 24.6 Å². The van der Waals surface area contributed by atoms with Gasteiger partial charge < -0.3 is 20.3 Å². The normalized spacial score (nSPS) is 16.0. The first kappa shape index (κ1) is 24.7. The Kier molecular flexibility index (Phi) is 8.74. The molecule has 0 saturated heterocycles. The summed E-state index contributed by atoms with van der Waals surface area (Å²) in [6.45, 7) is 4.32. The van der Waals surface area contributed by atoms with E-state index in [2.05, 4.69) is 40.9 Å². The summed E-state index contributed by atoms with van der Waals surface area (Å²) < 4.78 is 20.6. The van der Waals surface area contributed by atoms with Crippen LogP contribution in [0.3, 0.4) is 0 Å². The average molecular weight is 494 g/mol. The summed E-state index contributed by atoms with van der Waals surface area (Å²) in [5.74, 6) is 0.988. The molecule has 3 N–H and O–H groups in total. The van der Waals surface area contributed by atoms with Gasteiger partial charge in [0.05, 0.1) is 12.5 Å². The summed E-state index contributed by atoms with van der Waals surface area (Å²) in [6, 6.07) is 11.8. The van der Waals surface area contributed by atoms with Gasteiger partial charge in [-0.3, -0.25) is 4.98 Å². The van der Waals surface area contributed by atoms with Gasteiger partial charge >= 0.3 is 0 Å². The van der Waals surface area contributed by atoms with E-state index < -0.39 is 17.1 Å². The van der Waals surface area contributed by atoms with E-state index in [0.29, 0.717) is 18.1 Å². The Labute approximate surface area is 208 Å². The molecule has 184 valence electrons. The zero-order valence-electron chi connectivity index (χ0n) is 19.8. The smallest absolute Gasteiger partial charge is 0.267 e. The minimum absolute atomic E-state index is 0.171. The van der Waals surface area contributed by atoms with E-state index in [0.717, 1.165) is 55.0 Å². The molecule has 10 heteroatoms. The van der Waals surface area contributed by atoms with Crippen molar-refractivity contribution < 1.29 is 9.32 Å². The summed E-state index contributed by atoms with van der Waals surface area (Å²) in [7, 11) is 0. The fraction of sp³-hybridized carbons (Fsp3) is 0.360. The number of hydrogen-bond donors (Lipinski definition) is 3. The van der Waals surface area contributed by atoms with E-state index in [4.69, 9.17) is 0 Å². The molecule has 0 saturated carbocycles. The number of aryl methyl sites for hydroxylation is 1. The standard InChI is InChI=1S/C25H31N7O2S/c1-2-15-32(22-7-3-4-11-27-22)16-5-6-20-10-14-28-23(20)21(18-33)24-25(31-35(34)30-24)29-17-19-8-12-26-13-9-19/h3-4,7-14,21,28,33H,2,5-6,15-18H2,1H3,(H,29,31). The first-order chi connectivity index (χ1) is 17.2. The van der Waals surface area contributed by atoms with E-state index in [1.807, 2.05) is 48.8 Å². The molecule has 0 spiro atoms. The fourth-order valence-electron chi connectivity index (χ4n) is 4.19. The van der Waals surface area contributed by atoms with Gasteiger partial charge in [-0.1, -0.05) is 13.0 Å². The zero-order chi connectivity index (χ0) is 24.5. The number of nitrogens with one attached hydrogen (secondary N) is 2. The molecule has 2 atom stereocenters. The predicted octanol–water partition coefficient (Wildman–Crippen LogP) is 2.95. The van der Waals surface area contributed by atoms with Gasteiger partial charge in [0, 0.05) is 50.1 Å². The van der Waals surface area contributed by atoms with Crippen molar-refractivity contribution in [3.8, 4) is 0 Å². The molecule has 0 aromatic carbocycles. The van der Waals surface area contributed by atoms with Gasteiger partial charge in [0.25, 0.3) is 11.2 Å². The highest BCUT2D eigenvalue weighted by molar-refractivity contribution is 7.83. The van der Waals surface area contributed by atoms with E-state index in [-0.39, 0.29) is 6.61 Å². The topological polar surface area (TPSA) is 119 Å². The molecule has 1 aliphatic heterocycles. The maximum absolute atomic E-state index is 12.2. The number of rotatable bonds is 12. The number of aromatic amines is 1. The molecule has 0 fully saturated rings. The van der Waals surface area contributed by atoms with E-state index in [1.54, 1.807) is 12.4 Å². The first-order valence-electron chi connectivity index (χ1n) is 11.8. The zero-order valence-corrected chi connectivity index (χ0v) is 20.6. The van der Waals surface area contributed by atoms with Crippen LogP contribution in [0.25, 0.3) is 0 Å². The van der Waals surface area contributed by atoms with Crippen molar-refractivity contribution in [3.63, 3.8) is 0 Å². The molecule has 0 bridgehead atoms. The van der Waals surface area contributed by atoms with Gasteiger partial charge in [0.15, 0.2) is 5.84 Å². The lowest BCUT2D eigenvalue weighted by atomic mass is 9.94. The van der Waals surface area contributed by atoms with Gasteiger partial charge in [0.1, 0.15) is 11.5 Å². The Balaban J connectivity index is 1.43. The van der Waals surface area contributed by atoms with Crippen LogP contribution in [0.15, 0.2) is 70.0 Å². The molecule has 3 aromatic heterocycles. The molecule has 0 amide bonds. The minimum Gasteiger partial charge on any atom is -0.395 e. The molecule has 0 radical (unpaired) electrons. The van der Waals surface area contributed by atoms with Crippen molar-refractivity contribution >= 4 is 28.5 Å². The van der Waals surface area contributed by atoms with Crippen molar-refractivity contribution in [2.24, 2.45) is 8.80 Å². The molecular weight excluding hydrogens is 462 g/mol. The van der Waals surface area contributed by atoms with Gasteiger partial charge in [-0.25, -0.2) is 9.19 Å². The lowest BCUT2D eigenvalue weighted by Crippen LogP contribution is -2.34. The van der Waals surface area contributed by atoms with Gasteiger partial charge in [0.2, 0.25) is 0 Å². The second-order valence-electron chi connectivity index (χ2n) is 8.29.